The highest BCUT2D eigenvalue weighted by atomic mass is 79.9. The molecule has 2 rings (SSSR count). The van der Waals surface area contributed by atoms with E-state index < -0.39 is 12.0 Å². The van der Waals surface area contributed by atoms with Gasteiger partial charge in [-0.25, -0.2) is 4.79 Å². The number of carboxylic acid groups (broad SMARTS) is 1. The first-order chi connectivity index (χ1) is 10.0. The number of nitrogens with one attached hydrogen (secondary N) is 1. The Hall–Kier alpha value is -1.36. The van der Waals surface area contributed by atoms with Gasteiger partial charge in [0.05, 0.1) is 0 Å². The van der Waals surface area contributed by atoms with Crippen molar-refractivity contribution >= 4 is 27.8 Å². The van der Waals surface area contributed by atoms with Crippen LogP contribution in [0.2, 0.25) is 0 Å². The lowest BCUT2D eigenvalue weighted by atomic mass is 10.1. The fourth-order valence-electron chi connectivity index (χ4n) is 2.53. The molecule has 1 aromatic rings. The first-order valence-corrected chi connectivity index (χ1v) is 8.11. The van der Waals surface area contributed by atoms with E-state index in [-0.39, 0.29) is 17.7 Å². The smallest absolute Gasteiger partial charge is 0.326 e. The summed E-state index contributed by atoms with van der Waals surface area (Å²) in [6, 6.07) is 7.17. The average Bonchev–Trinajstić information content (AvgIpc) is 3.23. The normalized spacial score (nSPS) is 21.6. The molecule has 114 valence electrons. The van der Waals surface area contributed by atoms with Crippen LogP contribution in [0.4, 0.5) is 0 Å². The number of hydrogen-bond donors (Lipinski definition) is 2. The third-order valence-electron chi connectivity index (χ3n) is 3.86. The minimum absolute atomic E-state index is 0.0947. The van der Waals surface area contributed by atoms with Gasteiger partial charge in [0.15, 0.2) is 0 Å². The van der Waals surface area contributed by atoms with Crippen LogP contribution in [0.15, 0.2) is 28.7 Å². The van der Waals surface area contributed by atoms with E-state index >= 15 is 0 Å². The number of unbranched alkanes of at least 4 members (excludes halogenated alkanes) is 1. The molecule has 1 amide bonds. The van der Waals surface area contributed by atoms with Gasteiger partial charge in [0.1, 0.15) is 6.04 Å². The number of carboxylic acids is 1. The van der Waals surface area contributed by atoms with Gasteiger partial charge in [-0.05, 0) is 36.5 Å². The zero-order valence-electron chi connectivity index (χ0n) is 12.0. The van der Waals surface area contributed by atoms with Crippen molar-refractivity contribution in [3.05, 3.63) is 34.3 Å². The molecule has 0 heterocycles. The Balaban J connectivity index is 1.91. The van der Waals surface area contributed by atoms with Crippen LogP contribution in [0.5, 0.6) is 0 Å². The van der Waals surface area contributed by atoms with Gasteiger partial charge in [-0.15, -0.1) is 0 Å². The number of aliphatic carboxylic acids is 1. The Morgan fingerprint density at radius 2 is 2.24 bits per heavy atom. The predicted octanol–water partition coefficient (Wildman–Crippen LogP) is 3.31. The molecule has 0 spiro atoms. The van der Waals surface area contributed by atoms with Crippen LogP contribution in [-0.2, 0) is 9.59 Å². The van der Waals surface area contributed by atoms with Gasteiger partial charge < -0.3 is 10.4 Å². The van der Waals surface area contributed by atoms with Crippen molar-refractivity contribution in [1.29, 1.82) is 0 Å². The maximum absolute atomic E-state index is 12.2. The Kier molecular flexibility index (Phi) is 5.39. The molecule has 1 fully saturated rings. The largest absolute Gasteiger partial charge is 0.480 e. The third kappa shape index (κ3) is 4.30. The monoisotopic (exact) mass is 353 g/mol. The molecule has 5 heteroatoms. The second-order valence-corrected chi connectivity index (χ2v) is 6.46. The van der Waals surface area contributed by atoms with Crippen LogP contribution in [0.25, 0.3) is 0 Å². The summed E-state index contributed by atoms with van der Waals surface area (Å²) in [5, 5.41) is 11.8. The molecule has 0 aromatic heterocycles. The number of amides is 1. The molecular weight excluding hydrogens is 334 g/mol. The molecule has 3 atom stereocenters. The van der Waals surface area contributed by atoms with Crippen molar-refractivity contribution in [3.8, 4) is 0 Å². The Morgan fingerprint density at radius 3 is 2.86 bits per heavy atom. The molecular formula is C16H20BrNO3. The molecule has 0 saturated heterocycles. The third-order valence-corrected chi connectivity index (χ3v) is 4.36. The minimum atomic E-state index is -0.948. The Morgan fingerprint density at radius 1 is 1.48 bits per heavy atom. The van der Waals surface area contributed by atoms with Crippen molar-refractivity contribution in [2.75, 3.05) is 0 Å². The highest BCUT2D eigenvalue weighted by molar-refractivity contribution is 9.10. The number of carbonyl (C=O) groups is 2. The topological polar surface area (TPSA) is 66.4 Å². The first kappa shape index (κ1) is 16.0. The zero-order chi connectivity index (χ0) is 15.4. The minimum Gasteiger partial charge on any atom is -0.480 e. The summed E-state index contributed by atoms with van der Waals surface area (Å²) in [4.78, 5) is 23.3. The Bertz CT molecular complexity index is 532. The lowest BCUT2D eigenvalue weighted by molar-refractivity contribution is -0.142. The van der Waals surface area contributed by atoms with Crippen molar-refractivity contribution < 1.29 is 14.7 Å². The summed E-state index contributed by atoms with van der Waals surface area (Å²) in [7, 11) is 0. The molecule has 0 bridgehead atoms. The molecule has 21 heavy (non-hydrogen) atoms. The lowest BCUT2D eigenvalue weighted by Gasteiger charge is -2.14. The van der Waals surface area contributed by atoms with E-state index in [2.05, 4.69) is 21.2 Å². The summed E-state index contributed by atoms with van der Waals surface area (Å²) >= 11 is 3.42. The van der Waals surface area contributed by atoms with Crippen molar-refractivity contribution in [2.24, 2.45) is 5.92 Å². The summed E-state index contributed by atoms with van der Waals surface area (Å²) in [6.07, 6.45) is 3.01. The van der Waals surface area contributed by atoms with Crippen molar-refractivity contribution in [3.63, 3.8) is 0 Å². The van der Waals surface area contributed by atoms with Crippen LogP contribution in [0.3, 0.4) is 0 Å². The van der Waals surface area contributed by atoms with E-state index in [9.17, 15) is 9.59 Å². The van der Waals surface area contributed by atoms with Crippen LogP contribution in [0, 0.1) is 5.92 Å². The summed E-state index contributed by atoms with van der Waals surface area (Å²) < 4.78 is 0.998. The van der Waals surface area contributed by atoms with Crippen molar-refractivity contribution in [1.82, 2.24) is 5.32 Å². The first-order valence-electron chi connectivity index (χ1n) is 7.31. The number of benzene rings is 1. The Labute approximate surface area is 133 Å². The fourth-order valence-corrected chi connectivity index (χ4v) is 2.95. The van der Waals surface area contributed by atoms with Crippen LogP contribution < -0.4 is 5.32 Å². The summed E-state index contributed by atoms with van der Waals surface area (Å²) in [5.41, 5.74) is 1.13. The molecule has 1 saturated carbocycles. The van der Waals surface area contributed by atoms with Gasteiger partial charge in [0, 0.05) is 10.4 Å². The molecule has 1 aliphatic carbocycles. The lowest BCUT2D eigenvalue weighted by Crippen LogP contribution is -2.41. The fraction of sp³-hybridized carbons (Fsp3) is 0.500. The van der Waals surface area contributed by atoms with Gasteiger partial charge in [-0.3, -0.25) is 4.79 Å². The van der Waals surface area contributed by atoms with Gasteiger partial charge in [0.25, 0.3) is 0 Å². The van der Waals surface area contributed by atoms with Gasteiger partial charge in [-0.1, -0.05) is 47.8 Å². The molecule has 0 aliphatic heterocycles. The van der Waals surface area contributed by atoms with E-state index in [0.717, 1.165) is 29.3 Å². The molecule has 1 aliphatic rings. The molecule has 4 nitrogen and oxygen atoms in total. The van der Waals surface area contributed by atoms with E-state index in [1.807, 2.05) is 31.2 Å². The predicted molar refractivity (Wildman–Crippen MR) is 84.1 cm³/mol. The number of hydrogen-bond acceptors (Lipinski definition) is 2. The van der Waals surface area contributed by atoms with Gasteiger partial charge in [0.2, 0.25) is 5.91 Å². The van der Waals surface area contributed by atoms with E-state index in [4.69, 9.17) is 5.11 Å². The maximum atomic E-state index is 12.2. The highest BCUT2D eigenvalue weighted by Crippen LogP contribution is 2.48. The zero-order valence-corrected chi connectivity index (χ0v) is 13.6. The van der Waals surface area contributed by atoms with E-state index in [1.54, 1.807) is 0 Å². The van der Waals surface area contributed by atoms with Crippen LogP contribution >= 0.6 is 15.9 Å². The number of rotatable bonds is 7. The van der Waals surface area contributed by atoms with E-state index in [0.29, 0.717) is 6.42 Å². The number of halogens is 1. The van der Waals surface area contributed by atoms with Crippen LogP contribution in [0.1, 0.15) is 44.1 Å². The second kappa shape index (κ2) is 7.07. The van der Waals surface area contributed by atoms with Gasteiger partial charge in [-0.2, -0.15) is 0 Å². The average molecular weight is 354 g/mol. The standard InChI is InChI=1S/C16H20BrNO3/c1-2-3-7-14(16(20)21)18-15(19)13-9-12(13)10-5-4-6-11(17)8-10/h4-6,8,12-14H,2-3,7,9H2,1H3,(H,18,19)(H,20,21). The maximum Gasteiger partial charge on any atom is 0.326 e. The molecule has 3 unspecified atom stereocenters. The molecule has 1 aromatic carbocycles. The van der Waals surface area contributed by atoms with E-state index in [1.165, 1.54) is 0 Å². The molecule has 0 radical (unpaired) electrons. The second-order valence-electron chi connectivity index (χ2n) is 5.55. The SMILES string of the molecule is CCCCC(NC(=O)C1CC1c1cccc(Br)c1)C(=O)O. The van der Waals surface area contributed by atoms with Crippen LogP contribution in [-0.4, -0.2) is 23.0 Å². The summed E-state index contributed by atoms with van der Waals surface area (Å²) in [5.74, 6) is -0.967. The molecule has 2 N–H and O–H groups in total. The van der Waals surface area contributed by atoms with Crippen molar-refractivity contribution in [2.45, 2.75) is 44.6 Å². The quantitative estimate of drug-likeness (QED) is 0.790. The number of carbonyl (C=O) groups excluding carboxylic acids is 1. The van der Waals surface area contributed by atoms with Gasteiger partial charge >= 0.3 is 5.97 Å². The highest BCUT2D eigenvalue weighted by Gasteiger charge is 2.44. The summed E-state index contributed by atoms with van der Waals surface area (Å²) in [6.45, 7) is 2.00.